The molecule has 0 saturated heterocycles. The van der Waals surface area contributed by atoms with Crippen molar-refractivity contribution in [1.29, 1.82) is 0 Å². The van der Waals surface area contributed by atoms with E-state index in [-0.39, 0.29) is 17.6 Å². The second kappa shape index (κ2) is 4.89. The summed E-state index contributed by atoms with van der Waals surface area (Å²) in [4.78, 5) is 11.6. The molecule has 0 aliphatic rings. The van der Waals surface area contributed by atoms with Gasteiger partial charge in [-0.15, -0.1) is 0 Å². The highest BCUT2D eigenvalue weighted by atomic mass is 19.1. The molecule has 0 aromatic heterocycles. The third-order valence-electron chi connectivity index (χ3n) is 2.08. The van der Waals surface area contributed by atoms with E-state index in [1.807, 2.05) is 0 Å². The van der Waals surface area contributed by atoms with E-state index in [9.17, 15) is 9.18 Å². The topological polar surface area (TPSA) is 32.3 Å². The van der Waals surface area contributed by atoms with Crippen LogP contribution in [0, 0.1) is 5.82 Å². The number of nitrogens with zero attached hydrogens (tertiary/aromatic N) is 1. The first-order valence-corrected chi connectivity index (χ1v) is 4.74. The fourth-order valence-corrected chi connectivity index (χ4v) is 1.24. The largest absolute Gasteiger partial charge is 0.289 e. The van der Waals surface area contributed by atoms with Gasteiger partial charge in [0.25, 0.3) is 0 Å². The van der Waals surface area contributed by atoms with Crippen LogP contribution in [0.2, 0.25) is 0 Å². The summed E-state index contributed by atoms with van der Waals surface area (Å²) in [7, 11) is 3.46. The van der Waals surface area contributed by atoms with Crippen molar-refractivity contribution < 1.29 is 9.18 Å². The number of carbonyl (C=O) groups is 1. The Hall–Kier alpha value is -1.42. The van der Waals surface area contributed by atoms with E-state index in [0.29, 0.717) is 5.56 Å². The van der Waals surface area contributed by atoms with Crippen LogP contribution in [0.5, 0.6) is 0 Å². The molecule has 1 unspecified atom stereocenters. The van der Waals surface area contributed by atoms with E-state index in [2.05, 4.69) is 5.43 Å². The predicted molar refractivity (Wildman–Crippen MR) is 56.6 cm³/mol. The molecular weight excluding hydrogens is 195 g/mol. The standard InChI is InChI=1S/C11H15FN2O/c1-8(11(15)13-14(2)3)9-5-4-6-10(12)7-9/h4-8H,1-3H3,(H,13,15). The summed E-state index contributed by atoms with van der Waals surface area (Å²) in [5.74, 6) is -0.828. The molecule has 1 aromatic carbocycles. The third kappa shape index (κ3) is 3.32. The van der Waals surface area contributed by atoms with Crippen LogP contribution in [0.25, 0.3) is 0 Å². The van der Waals surface area contributed by atoms with Crippen molar-refractivity contribution in [3.8, 4) is 0 Å². The number of hydrazine groups is 1. The summed E-state index contributed by atoms with van der Waals surface area (Å²) in [6, 6.07) is 6.08. The number of benzene rings is 1. The summed E-state index contributed by atoms with van der Waals surface area (Å²) in [5.41, 5.74) is 3.31. The van der Waals surface area contributed by atoms with Gasteiger partial charge in [-0.3, -0.25) is 10.2 Å². The fourth-order valence-electron chi connectivity index (χ4n) is 1.24. The lowest BCUT2D eigenvalue weighted by Crippen LogP contribution is -2.38. The first-order chi connectivity index (χ1) is 7.00. The maximum Gasteiger partial charge on any atom is 0.241 e. The van der Waals surface area contributed by atoms with Gasteiger partial charge in [-0.1, -0.05) is 12.1 Å². The summed E-state index contributed by atoms with van der Waals surface area (Å²) < 4.78 is 12.9. The highest BCUT2D eigenvalue weighted by Crippen LogP contribution is 2.16. The Morgan fingerprint density at radius 3 is 2.67 bits per heavy atom. The first kappa shape index (κ1) is 11.7. The Kier molecular flexibility index (Phi) is 3.80. The molecule has 1 amide bonds. The zero-order valence-corrected chi connectivity index (χ0v) is 9.12. The molecule has 0 aliphatic heterocycles. The Balaban J connectivity index is 2.76. The molecule has 1 atom stereocenters. The van der Waals surface area contributed by atoms with Gasteiger partial charge in [0.2, 0.25) is 5.91 Å². The van der Waals surface area contributed by atoms with E-state index < -0.39 is 0 Å². The van der Waals surface area contributed by atoms with Crippen LogP contribution in [0.4, 0.5) is 4.39 Å². The van der Waals surface area contributed by atoms with Crippen molar-refractivity contribution in [2.24, 2.45) is 0 Å². The number of hydrogen-bond donors (Lipinski definition) is 1. The average Bonchev–Trinajstić information content (AvgIpc) is 2.15. The molecule has 4 heteroatoms. The molecule has 0 fully saturated rings. The van der Waals surface area contributed by atoms with Crippen LogP contribution >= 0.6 is 0 Å². The first-order valence-electron chi connectivity index (χ1n) is 4.74. The molecule has 0 saturated carbocycles. The molecule has 0 aliphatic carbocycles. The SMILES string of the molecule is CC(C(=O)NN(C)C)c1cccc(F)c1. The van der Waals surface area contributed by atoms with Crippen LogP contribution in [-0.4, -0.2) is 25.0 Å². The minimum Gasteiger partial charge on any atom is -0.289 e. The molecule has 1 N–H and O–H groups in total. The fraction of sp³-hybridized carbons (Fsp3) is 0.364. The van der Waals surface area contributed by atoms with Crippen molar-refractivity contribution in [3.05, 3.63) is 35.6 Å². The molecule has 0 radical (unpaired) electrons. The Labute approximate surface area is 88.9 Å². The van der Waals surface area contributed by atoms with E-state index >= 15 is 0 Å². The molecule has 0 bridgehead atoms. The number of amides is 1. The van der Waals surface area contributed by atoms with Gasteiger partial charge in [0.1, 0.15) is 5.82 Å². The molecule has 0 heterocycles. The second-order valence-corrected chi connectivity index (χ2v) is 3.65. The van der Waals surface area contributed by atoms with Gasteiger partial charge in [-0.05, 0) is 24.6 Å². The van der Waals surface area contributed by atoms with Gasteiger partial charge >= 0.3 is 0 Å². The van der Waals surface area contributed by atoms with Crippen molar-refractivity contribution in [3.63, 3.8) is 0 Å². The minimum absolute atomic E-state index is 0.148. The van der Waals surface area contributed by atoms with Crippen molar-refractivity contribution in [2.45, 2.75) is 12.8 Å². The maximum atomic E-state index is 12.9. The van der Waals surface area contributed by atoms with Gasteiger partial charge in [0.15, 0.2) is 0 Å². The van der Waals surface area contributed by atoms with Crippen molar-refractivity contribution in [1.82, 2.24) is 10.4 Å². The Bertz CT molecular complexity index is 352. The molecule has 15 heavy (non-hydrogen) atoms. The molecule has 82 valence electrons. The molecule has 1 rings (SSSR count). The van der Waals surface area contributed by atoms with Gasteiger partial charge in [-0.25, -0.2) is 9.40 Å². The summed E-state index contributed by atoms with van der Waals surface area (Å²) in [6.07, 6.45) is 0. The summed E-state index contributed by atoms with van der Waals surface area (Å²) >= 11 is 0. The van der Waals surface area contributed by atoms with Gasteiger partial charge < -0.3 is 0 Å². The van der Waals surface area contributed by atoms with Gasteiger partial charge in [0.05, 0.1) is 5.92 Å². The Morgan fingerprint density at radius 2 is 2.13 bits per heavy atom. The smallest absolute Gasteiger partial charge is 0.241 e. The zero-order valence-electron chi connectivity index (χ0n) is 9.12. The predicted octanol–water partition coefficient (Wildman–Crippen LogP) is 1.52. The third-order valence-corrected chi connectivity index (χ3v) is 2.08. The molecule has 0 spiro atoms. The van der Waals surface area contributed by atoms with Crippen LogP contribution in [0.15, 0.2) is 24.3 Å². The highest BCUT2D eigenvalue weighted by Gasteiger charge is 2.15. The van der Waals surface area contributed by atoms with Gasteiger partial charge in [-0.2, -0.15) is 0 Å². The van der Waals surface area contributed by atoms with Crippen molar-refractivity contribution in [2.75, 3.05) is 14.1 Å². The molecule has 3 nitrogen and oxygen atoms in total. The number of nitrogens with one attached hydrogen (secondary N) is 1. The van der Waals surface area contributed by atoms with Crippen LogP contribution in [-0.2, 0) is 4.79 Å². The second-order valence-electron chi connectivity index (χ2n) is 3.65. The quantitative estimate of drug-likeness (QED) is 0.767. The average molecular weight is 210 g/mol. The normalized spacial score (nSPS) is 12.6. The lowest BCUT2D eigenvalue weighted by Gasteiger charge is -2.16. The summed E-state index contributed by atoms with van der Waals surface area (Å²) in [6.45, 7) is 1.74. The van der Waals surface area contributed by atoms with Crippen molar-refractivity contribution >= 4 is 5.91 Å². The highest BCUT2D eigenvalue weighted by molar-refractivity contribution is 5.82. The van der Waals surface area contributed by atoms with E-state index in [1.165, 1.54) is 12.1 Å². The number of halogens is 1. The maximum absolute atomic E-state index is 12.9. The monoisotopic (exact) mass is 210 g/mol. The summed E-state index contributed by atoms with van der Waals surface area (Å²) in [5, 5.41) is 1.57. The van der Waals surface area contributed by atoms with E-state index in [4.69, 9.17) is 0 Å². The number of hydrogen-bond acceptors (Lipinski definition) is 2. The lowest BCUT2D eigenvalue weighted by molar-refractivity contribution is -0.125. The Morgan fingerprint density at radius 1 is 1.47 bits per heavy atom. The molecular formula is C11H15FN2O. The minimum atomic E-state index is -0.358. The number of rotatable bonds is 3. The van der Waals surface area contributed by atoms with Crippen LogP contribution in [0.1, 0.15) is 18.4 Å². The lowest BCUT2D eigenvalue weighted by atomic mass is 10.0. The van der Waals surface area contributed by atoms with Crippen LogP contribution < -0.4 is 5.43 Å². The van der Waals surface area contributed by atoms with Crippen LogP contribution in [0.3, 0.4) is 0 Å². The van der Waals surface area contributed by atoms with E-state index in [0.717, 1.165) is 0 Å². The number of carbonyl (C=O) groups excluding carboxylic acids is 1. The van der Waals surface area contributed by atoms with E-state index in [1.54, 1.807) is 38.2 Å². The zero-order chi connectivity index (χ0) is 11.4. The van der Waals surface area contributed by atoms with Gasteiger partial charge in [0, 0.05) is 14.1 Å². The molecule has 1 aromatic rings.